The summed E-state index contributed by atoms with van der Waals surface area (Å²) in [4.78, 5) is 5.74. The number of hydrogen-bond acceptors (Lipinski definition) is 3. The lowest BCUT2D eigenvalue weighted by molar-refractivity contribution is 0.0348. The van der Waals surface area contributed by atoms with Crippen LogP contribution in [-0.2, 0) is 6.42 Å². The molecule has 0 heterocycles. The van der Waals surface area contributed by atoms with Gasteiger partial charge in [0.1, 0.15) is 0 Å². The number of nitrogens with one attached hydrogen (secondary N) is 1. The molecule has 0 amide bonds. The predicted octanol–water partition coefficient (Wildman–Crippen LogP) is 9.37. The number of nitrogens with zero attached hydrogens (tertiary/aromatic N) is 2. The fraction of sp³-hybridized carbons (Fsp3) is 0.829. The van der Waals surface area contributed by atoms with Gasteiger partial charge in [0.15, 0.2) is 0 Å². The van der Waals surface area contributed by atoms with Crippen molar-refractivity contribution in [3.05, 3.63) is 33.9 Å². The highest BCUT2D eigenvalue weighted by Gasteiger charge is 2.30. The Morgan fingerprint density at radius 1 is 0.658 bits per heavy atom. The molecule has 0 aliphatic carbocycles. The molecule has 0 aliphatic rings. The normalized spacial score (nSPS) is 12.8. The van der Waals surface area contributed by atoms with Crippen LogP contribution in [-0.4, -0.2) is 49.1 Å². The molecule has 0 fully saturated rings. The molecule has 0 aliphatic heterocycles. The van der Waals surface area contributed by atoms with Gasteiger partial charge < -0.3 is 5.32 Å². The van der Waals surface area contributed by atoms with Crippen molar-refractivity contribution >= 4 is 0 Å². The molecule has 1 unspecified atom stereocenters. The average Bonchev–Trinajstić information content (AvgIpc) is 2.90. The zero-order chi connectivity index (χ0) is 28.3. The molecule has 0 saturated carbocycles. The first-order valence-electron chi connectivity index (χ1n) is 16.6. The average molecular weight is 530 g/mol. The summed E-state index contributed by atoms with van der Waals surface area (Å²) in [6.45, 7) is 28.5. The minimum absolute atomic E-state index is 0.400. The Morgan fingerprint density at radius 2 is 1.13 bits per heavy atom. The summed E-state index contributed by atoms with van der Waals surface area (Å²) in [6.07, 6.45) is 15.6. The van der Waals surface area contributed by atoms with Gasteiger partial charge in [-0.05, 0) is 139 Å². The van der Waals surface area contributed by atoms with E-state index in [9.17, 15) is 0 Å². The highest BCUT2D eigenvalue weighted by atomic mass is 15.4. The van der Waals surface area contributed by atoms with Gasteiger partial charge in [0, 0.05) is 0 Å². The Hall–Kier alpha value is -0.900. The number of rotatable bonds is 23. The lowest BCUT2D eigenvalue weighted by atomic mass is 9.85. The van der Waals surface area contributed by atoms with Crippen molar-refractivity contribution < 1.29 is 0 Å². The van der Waals surface area contributed by atoms with Gasteiger partial charge in [-0.3, -0.25) is 9.80 Å². The first-order valence-corrected chi connectivity index (χ1v) is 16.6. The summed E-state index contributed by atoms with van der Waals surface area (Å²) in [6, 6.07) is 2.52. The fourth-order valence-electron chi connectivity index (χ4n) is 5.93. The van der Waals surface area contributed by atoms with E-state index in [1.54, 1.807) is 16.7 Å². The van der Waals surface area contributed by atoms with Crippen molar-refractivity contribution in [3.8, 4) is 0 Å². The molecule has 1 N–H and O–H groups in total. The topological polar surface area (TPSA) is 18.5 Å². The minimum Gasteiger partial charge on any atom is -0.317 e. The molecule has 1 rings (SSSR count). The molecule has 0 bridgehead atoms. The van der Waals surface area contributed by atoms with Crippen molar-refractivity contribution in [1.82, 2.24) is 15.1 Å². The van der Waals surface area contributed by atoms with Crippen LogP contribution in [0.1, 0.15) is 146 Å². The summed E-state index contributed by atoms with van der Waals surface area (Å²) in [5.74, 6) is 0.697. The summed E-state index contributed by atoms with van der Waals surface area (Å²) >= 11 is 0. The van der Waals surface area contributed by atoms with E-state index in [-0.39, 0.29) is 0 Å². The molecule has 1 aromatic rings. The lowest BCUT2D eigenvalue weighted by Gasteiger charge is -2.42. The van der Waals surface area contributed by atoms with E-state index in [0.717, 1.165) is 13.1 Å². The van der Waals surface area contributed by atoms with Crippen molar-refractivity contribution in [2.75, 3.05) is 39.3 Å². The molecule has 38 heavy (non-hydrogen) atoms. The Bertz CT molecular complexity index is 692. The molecule has 1 atom stereocenters. The summed E-state index contributed by atoms with van der Waals surface area (Å²) in [5, 5.41) is 3.67. The minimum atomic E-state index is 0.400. The Labute approximate surface area is 239 Å². The molecular weight excluding hydrogens is 462 g/mol. The molecule has 0 aromatic heterocycles. The zero-order valence-corrected chi connectivity index (χ0v) is 27.4. The third-order valence-corrected chi connectivity index (χ3v) is 8.41. The molecule has 0 saturated heterocycles. The van der Waals surface area contributed by atoms with Gasteiger partial charge in [0.2, 0.25) is 0 Å². The van der Waals surface area contributed by atoms with Gasteiger partial charge in [0.25, 0.3) is 0 Å². The molecule has 3 nitrogen and oxygen atoms in total. The fourth-order valence-corrected chi connectivity index (χ4v) is 5.93. The van der Waals surface area contributed by atoms with Crippen LogP contribution in [0.15, 0.2) is 6.07 Å². The molecule has 3 heteroatoms. The van der Waals surface area contributed by atoms with E-state index < -0.39 is 0 Å². The van der Waals surface area contributed by atoms with E-state index in [1.807, 2.05) is 0 Å². The van der Waals surface area contributed by atoms with E-state index in [4.69, 9.17) is 0 Å². The molecule has 0 radical (unpaired) electrons. The highest BCUT2D eigenvalue weighted by molar-refractivity contribution is 5.46. The predicted molar refractivity (Wildman–Crippen MR) is 171 cm³/mol. The molecule has 0 spiro atoms. The Kier molecular flexibility index (Phi) is 19.3. The quantitative estimate of drug-likeness (QED) is 0.112. The Morgan fingerprint density at radius 3 is 1.58 bits per heavy atom. The third kappa shape index (κ3) is 12.1. The number of unbranched alkanes of at least 4 members (excludes halogenated alkanes) is 5. The largest absolute Gasteiger partial charge is 0.317 e. The smallest absolute Gasteiger partial charge is 0.0891 e. The second-order valence-corrected chi connectivity index (χ2v) is 12.1. The van der Waals surface area contributed by atoms with Crippen molar-refractivity contribution in [2.45, 2.75) is 146 Å². The van der Waals surface area contributed by atoms with Gasteiger partial charge in [-0.1, -0.05) is 79.7 Å². The van der Waals surface area contributed by atoms with Crippen LogP contribution in [0.3, 0.4) is 0 Å². The van der Waals surface area contributed by atoms with Crippen LogP contribution in [0.5, 0.6) is 0 Å². The SMILES string of the molecule is CCCCNCCC(C)Cc1c(C)cc(C)c(C(N(CCCC)CCCC)N(CCCC)CCCC)c1C. The zero-order valence-electron chi connectivity index (χ0n) is 27.4. The molecule has 1 aromatic carbocycles. The standard InChI is InChI=1S/C35H67N3/c1-10-15-21-36-22-20-29(6)27-33-30(7)28-31(8)34(32(33)9)35(37(23-16-11-2)24-17-12-3)38(25-18-13-4)26-19-14-5/h28-29,35-36H,10-27H2,1-9H3. The van der Waals surface area contributed by atoms with Crippen LogP contribution in [0, 0.1) is 26.7 Å². The van der Waals surface area contributed by atoms with Gasteiger partial charge in [-0.2, -0.15) is 0 Å². The van der Waals surface area contributed by atoms with E-state index in [1.165, 1.54) is 114 Å². The first-order chi connectivity index (χ1) is 18.4. The van der Waals surface area contributed by atoms with Gasteiger partial charge in [0.05, 0.1) is 6.17 Å². The highest BCUT2D eigenvalue weighted by Crippen LogP contribution is 2.35. The van der Waals surface area contributed by atoms with Crippen LogP contribution < -0.4 is 5.32 Å². The van der Waals surface area contributed by atoms with E-state index in [2.05, 4.69) is 83.5 Å². The van der Waals surface area contributed by atoms with Gasteiger partial charge in [-0.25, -0.2) is 0 Å². The maximum absolute atomic E-state index is 3.67. The van der Waals surface area contributed by atoms with Crippen molar-refractivity contribution in [1.29, 1.82) is 0 Å². The van der Waals surface area contributed by atoms with Gasteiger partial charge in [-0.15, -0.1) is 0 Å². The van der Waals surface area contributed by atoms with Crippen LogP contribution >= 0.6 is 0 Å². The second-order valence-electron chi connectivity index (χ2n) is 12.1. The number of hydrogen-bond donors (Lipinski definition) is 1. The number of benzene rings is 1. The third-order valence-electron chi connectivity index (χ3n) is 8.41. The summed E-state index contributed by atoms with van der Waals surface area (Å²) in [7, 11) is 0. The maximum atomic E-state index is 3.67. The summed E-state index contributed by atoms with van der Waals surface area (Å²) < 4.78 is 0. The monoisotopic (exact) mass is 530 g/mol. The van der Waals surface area contributed by atoms with Crippen molar-refractivity contribution in [2.24, 2.45) is 5.92 Å². The van der Waals surface area contributed by atoms with Crippen molar-refractivity contribution in [3.63, 3.8) is 0 Å². The second kappa shape index (κ2) is 20.9. The van der Waals surface area contributed by atoms with Crippen LogP contribution in [0.2, 0.25) is 0 Å². The first kappa shape index (κ1) is 35.1. The number of aryl methyl sites for hydroxylation is 2. The molecule has 222 valence electrons. The van der Waals surface area contributed by atoms with Crippen LogP contribution in [0.25, 0.3) is 0 Å². The Balaban J connectivity index is 3.46. The van der Waals surface area contributed by atoms with Gasteiger partial charge >= 0.3 is 0 Å². The summed E-state index contributed by atoms with van der Waals surface area (Å²) in [5.41, 5.74) is 7.82. The van der Waals surface area contributed by atoms with E-state index in [0.29, 0.717) is 12.1 Å². The lowest BCUT2D eigenvalue weighted by Crippen LogP contribution is -2.44. The van der Waals surface area contributed by atoms with Crippen LogP contribution in [0.4, 0.5) is 0 Å². The van der Waals surface area contributed by atoms with E-state index >= 15 is 0 Å². The maximum Gasteiger partial charge on any atom is 0.0891 e. The molecular formula is C35H67N3.